The number of carbonyl (C=O) groups excluding carboxylic acids is 1. The molecule has 0 bridgehead atoms. The normalized spacial score (nSPS) is 11.6. The zero-order valence-corrected chi connectivity index (χ0v) is 13.0. The van der Waals surface area contributed by atoms with Crippen LogP contribution in [0.25, 0.3) is 0 Å². The van der Waals surface area contributed by atoms with Gasteiger partial charge in [-0.3, -0.25) is 4.79 Å². The standard InChI is InChI=1S/C14H21FN2O3S/c1-11(2)21(19,20)16-10-6-5-9-14(18)17-13-8-4-3-7-12(13)15/h3-4,7-8,11,16H,5-6,9-10H2,1-2H3,(H,17,18). The number of unbranched alkanes of at least 4 members (excludes halogenated alkanes) is 1. The Hall–Kier alpha value is -1.47. The summed E-state index contributed by atoms with van der Waals surface area (Å²) in [6.07, 6.45) is 1.30. The van der Waals surface area contributed by atoms with Crippen LogP contribution in [-0.2, 0) is 14.8 Å². The second-order valence-corrected chi connectivity index (χ2v) is 7.29. The van der Waals surface area contributed by atoms with Crippen molar-refractivity contribution in [1.29, 1.82) is 0 Å². The van der Waals surface area contributed by atoms with E-state index in [0.717, 1.165) is 0 Å². The number of rotatable bonds is 8. The largest absolute Gasteiger partial charge is 0.324 e. The maximum Gasteiger partial charge on any atom is 0.224 e. The van der Waals surface area contributed by atoms with Crippen LogP contribution in [0.2, 0.25) is 0 Å². The Morgan fingerprint density at radius 2 is 1.90 bits per heavy atom. The molecule has 1 aromatic carbocycles. The SMILES string of the molecule is CC(C)S(=O)(=O)NCCCCC(=O)Nc1ccccc1F. The molecule has 0 saturated heterocycles. The van der Waals surface area contributed by atoms with E-state index in [4.69, 9.17) is 0 Å². The first-order valence-corrected chi connectivity index (χ1v) is 8.40. The summed E-state index contributed by atoms with van der Waals surface area (Å²) in [5.41, 5.74) is 0.156. The monoisotopic (exact) mass is 316 g/mol. The van der Waals surface area contributed by atoms with E-state index in [1.165, 1.54) is 12.1 Å². The molecule has 2 N–H and O–H groups in total. The molecule has 5 nitrogen and oxygen atoms in total. The highest BCUT2D eigenvalue weighted by Gasteiger charge is 2.14. The fraction of sp³-hybridized carbons (Fsp3) is 0.500. The van der Waals surface area contributed by atoms with E-state index in [1.807, 2.05) is 0 Å². The molecule has 0 heterocycles. The number of halogens is 1. The molecule has 0 aliphatic heterocycles. The van der Waals surface area contributed by atoms with Crippen LogP contribution in [0.3, 0.4) is 0 Å². The first-order valence-electron chi connectivity index (χ1n) is 6.86. The second-order valence-electron chi connectivity index (χ2n) is 4.97. The molecule has 0 saturated carbocycles. The lowest BCUT2D eigenvalue weighted by Gasteiger charge is -2.09. The minimum atomic E-state index is -3.25. The van der Waals surface area contributed by atoms with Gasteiger partial charge in [0.15, 0.2) is 0 Å². The van der Waals surface area contributed by atoms with E-state index < -0.39 is 21.1 Å². The smallest absolute Gasteiger partial charge is 0.224 e. The van der Waals surface area contributed by atoms with Crippen molar-refractivity contribution in [3.8, 4) is 0 Å². The number of hydrogen-bond donors (Lipinski definition) is 2. The van der Waals surface area contributed by atoms with E-state index in [0.29, 0.717) is 19.4 Å². The maximum atomic E-state index is 13.3. The van der Waals surface area contributed by atoms with Crippen LogP contribution in [0, 0.1) is 5.82 Å². The third kappa shape index (κ3) is 6.22. The minimum absolute atomic E-state index is 0.156. The van der Waals surface area contributed by atoms with E-state index in [-0.39, 0.29) is 18.0 Å². The van der Waals surface area contributed by atoms with Gasteiger partial charge in [-0.05, 0) is 38.8 Å². The maximum absolute atomic E-state index is 13.3. The molecule has 7 heteroatoms. The van der Waals surface area contributed by atoms with Crippen molar-refractivity contribution in [2.75, 3.05) is 11.9 Å². The number of carbonyl (C=O) groups is 1. The van der Waals surface area contributed by atoms with Gasteiger partial charge >= 0.3 is 0 Å². The van der Waals surface area contributed by atoms with Crippen LogP contribution in [0.5, 0.6) is 0 Å². The van der Waals surface area contributed by atoms with Gasteiger partial charge in [0.25, 0.3) is 0 Å². The van der Waals surface area contributed by atoms with Gasteiger partial charge in [-0.25, -0.2) is 17.5 Å². The molecule has 0 radical (unpaired) electrons. The summed E-state index contributed by atoms with van der Waals surface area (Å²) in [7, 11) is -3.25. The second kappa shape index (κ2) is 8.09. The van der Waals surface area contributed by atoms with E-state index >= 15 is 0 Å². The third-order valence-electron chi connectivity index (χ3n) is 2.90. The molecule has 0 unspecified atom stereocenters. The molecular formula is C14H21FN2O3S. The average Bonchev–Trinajstić information content (AvgIpc) is 2.40. The number of para-hydroxylation sites is 1. The van der Waals surface area contributed by atoms with Crippen LogP contribution in [-0.4, -0.2) is 26.1 Å². The molecule has 0 aromatic heterocycles. The van der Waals surface area contributed by atoms with Crippen LogP contribution in [0.15, 0.2) is 24.3 Å². The van der Waals surface area contributed by atoms with Gasteiger partial charge < -0.3 is 5.32 Å². The molecule has 0 spiro atoms. The molecule has 1 aromatic rings. The van der Waals surface area contributed by atoms with Crippen LogP contribution in [0.1, 0.15) is 33.1 Å². The quantitative estimate of drug-likeness (QED) is 0.722. The zero-order chi connectivity index (χ0) is 15.9. The summed E-state index contributed by atoms with van der Waals surface area (Å²) in [6.45, 7) is 3.50. The number of sulfonamides is 1. The first kappa shape index (κ1) is 17.6. The van der Waals surface area contributed by atoms with Crippen molar-refractivity contribution in [2.24, 2.45) is 0 Å². The van der Waals surface area contributed by atoms with Crippen molar-refractivity contribution in [1.82, 2.24) is 4.72 Å². The van der Waals surface area contributed by atoms with Crippen molar-refractivity contribution in [3.63, 3.8) is 0 Å². The number of nitrogens with one attached hydrogen (secondary N) is 2. The molecule has 1 amide bonds. The first-order chi connectivity index (χ1) is 9.83. The van der Waals surface area contributed by atoms with Gasteiger partial charge in [-0.15, -0.1) is 0 Å². The summed E-state index contributed by atoms with van der Waals surface area (Å²) >= 11 is 0. The van der Waals surface area contributed by atoms with E-state index in [1.54, 1.807) is 26.0 Å². The lowest BCUT2D eigenvalue weighted by molar-refractivity contribution is -0.116. The summed E-state index contributed by atoms with van der Waals surface area (Å²) in [4.78, 5) is 11.6. The fourth-order valence-electron chi connectivity index (χ4n) is 1.57. The molecule has 0 atom stereocenters. The van der Waals surface area contributed by atoms with Gasteiger partial charge in [0, 0.05) is 13.0 Å². The van der Waals surface area contributed by atoms with Gasteiger partial charge in [0.05, 0.1) is 10.9 Å². The number of benzene rings is 1. The Morgan fingerprint density at radius 3 is 2.52 bits per heavy atom. The number of amides is 1. The Bertz CT molecular complexity index is 573. The minimum Gasteiger partial charge on any atom is -0.324 e. The van der Waals surface area contributed by atoms with Gasteiger partial charge in [0.1, 0.15) is 5.82 Å². The van der Waals surface area contributed by atoms with Crippen LogP contribution < -0.4 is 10.0 Å². The highest BCUT2D eigenvalue weighted by Crippen LogP contribution is 2.13. The molecular weight excluding hydrogens is 295 g/mol. The highest BCUT2D eigenvalue weighted by atomic mass is 32.2. The van der Waals surface area contributed by atoms with Crippen molar-refractivity contribution < 1.29 is 17.6 Å². The van der Waals surface area contributed by atoms with Crippen molar-refractivity contribution in [3.05, 3.63) is 30.1 Å². The predicted octanol–water partition coefficient (Wildman–Crippen LogP) is 2.26. The van der Waals surface area contributed by atoms with Crippen LogP contribution in [0.4, 0.5) is 10.1 Å². The van der Waals surface area contributed by atoms with Gasteiger partial charge in [-0.2, -0.15) is 0 Å². The average molecular weight is 316 g/mol. The summed E-state index contributed by atoms with van der Waals surface area (Å²) in [6, 6.07) is 5.95. The Kier molecular flexibility index (Phi) is 6.77. The molecule has 0 aliphatic carbocycles. The zero-order valence-electron chi connectivity index (χ0n) is 12.2. The summed E-state index contributed by atoms with van der Waals surface area (Å²) < 4.78 is 38.7. The molecule has 1 rings (SSSR count). The third-order valence-corrected chi connectivity index (χ3v) is 4.75. The summed E-state index contributed by atoms with van der Waals surface area (Å²) in [5, 5.41) is 2.01. The Morgan fingerprint density at radius 1 is 1.24 bits per heavy atom. The topological polar surface area (TPSA) is 75.3 Å². The van der Waals surface area contributed by atoms with Crippen molar-refractivity contribution >= 4 is 21.6 Å². The molecule has 0 fully saturated rings. The van der Waals surface area contributed by atoms with E-state index in [2.05, 4.69) is 10.0 Å². The Balaban J connectivity index is 2.25. The van der Waals surface area contributed by atoms with Gasteiger partial charge in [-0.1, -0.05) is 12.1 Å². The fourth-order valence-corrected chi connectivity index (χ4v) is 2.33. The molecule has 21 heavy (non-hydrogen) atoms. The lowest BCUT2D eigenvalue weighted by atomic mass is 10.2. The number of anilines is 1. The molecule has 0 aliphatic rings. The van der Waals surface area contributed by atoms with Crippen molar-refractivity contribution in [2.45, 2.75) is 38.4 Å². The predicted molar refractivity (Wildman–Crippen MR) is 80.9 cm³/mol. The summed E-state index contributed by atoms with van der Waals surface area (Å²) in [5.74, 6) is -0.762. The van der Waals surface area contributed by atoms with E-state index in [9.17, 15) is 17.6 Å². The highest BCUT2D eigenvalue weighted by molar-refractivity contribution is 7.90. The lowest BCUT2D eigenvalue weighted by Crippen LogP contribution is -2.31. The number of hydrogen-bond acceptors (Lipinski definition) is 3. The molecule has 118 valence electrons. The van der Waals surface area contributed by atoms with Gasteiger partial charge in [0.2, 0.25) is 15.9 Å². The van der Waals surface area contributed by atoms with Crippen LogP contribution >= 0.6 is 0 Å². The Labute approximate surface area is 125 Å².